The zero-order valence-electron chi connectivity index (χ0n) is 43.6. The molecule has 10 heterocycles. The van der Waals surface area contributed by atoms with Gasteiger partial charge in [0, 0.05) is 99.6 Å². The second-order valence-electron chi connectivity index (χ2n) is 19.3. The van der Waals surface area contributed by atoms with Crippen LogP contribution in [0.1, 0.15) is 0 Å². The van der Waals surface area contributed by atoms with Gasteiger partial charge in [-0.1, -0.05) is 194 Å². The minimum atomic E-state index is 0. The van der Waals surface area contributed by atoms with Gasteiger partial charge < -0.3 is 73.3 Å². The number of benzene rings is 8. The average Bonchev–Trinajstić information content (AvgIpc) is 4.47. The molecule has 0 N–H and O–H groups in total. The van der Waals surface area contributed by atoms with Gasteiger partial charge in [0.25, 0.3) is 0 Å². The van der Waals surface area contributed by atoms with Crippen molar-refractivity contribution in [3.05, 3.63) is 204 Å². The van der Waals surface area contributed by atoms with Crippen molar-refractivity contribution in [2.45, 2.75) is 0 Å². The van der Waals surface area contributed by atoms with Crippen molar-refractivity contribution in [1.82, 2.24) is 79.7 Å². The van der Waals surface area contributed by atoms with Crippen LogP contribution in [0.2, 0.25) is 0 Å². The number of fused-ring (bicyclic) bond motifs is 40. The van der Waals surface area contributed by atoms with E-state index in [4.69, 9.17) is 89.7 Å². The Bertz CT molecular complexity index is 4440. The predicted molar refractivity (Wildman–Crippen MR) is 323 cm³/mol. The molecule has 6 aromatic heterocycles. The van der Waals surface area contributed by atoms with Gasteiger partial charge in [0.2, 0.25) is 0 Å². The van der Waals surface area contributed by atoms with E-state index in [1.807, 2.05) is 194 Å². The molecular formula is C64H33Co2N16O2S-. The Morgan fingerprint density at radius 2 is 0.306 bits per heavy atom. The van der Waals surface area contributed by atoms with Crippen molar-refractivity contribution >= 4 is 102 Å². The first kappa shape index (κ1) is 53.7. The molecule has 0 spiro atoms. The van der Waals surface area contributed by atoms with E-state index in [1.165, 1.54) is 0 Å². The van der Waals surface area contributed by atoms with Crippen LogP contribution < -0.4 is 19.9 Å². The first-order valence-corrected chi connectivity index (χ1v) is 25.9. The SMILES string of the molecule is O=O.[Co+2].[Co+2].[SH-].c1ccc2c(c1)-c1nc-2nc2[n-]c(nc3nc(nc4[n-]c(n1)c1ccccc41)-c1ccccc1-3)c1ccccc21.c1ccc2c(c1)-c1nc-2nc2[n-]c(nc3nc(nc4[n-]c(n1)c1ccccc41)-c1ccccc1-3)c1ccccc21. The summed E-state index contributed by atoms with van der Waals surface area (Å²) in [5.74, 6) is 4.42. The van der Waals surface area contributed by atoms with Crippen LogP contribution in [0.4, 0.5) is 0 Å². The molecule has 0 unspecified atom stereocenters. The summed E-state index contributed by atoms with van der Waals surface area (Å²) in [5, 5.41) is 7.15. The van der Waals surface area contributed by atoms with Crippen LogP contribution in [0.3, 0.4) is 0 Å². The van der Waals surface area contributed by atoms with E-state index in [0.717, 1.165) is 87.6 Å². The van der Waals surface area contributed by atoms with E-state index in [0.29, 0.717) is 91.8 Å². The molecule has 18 nitrogen and oxygen atoms in total. The molecule has 0 amide bonds. The fourth-order valence-corrected chi connectivity index (χ4v) is 10.9. The van der Waals surface area contributed by atoms with E-state index < -0.39 is 0 Å². The molecule has 406 valence electrons. The number of hydrogen-bond acceptors (Lipinski definition) is 15. The molecular weight excluding hydrogens is 1170 g/mol. The zero-order valence-corrected chi connectivity index (χ0v) is 46.5. The second-order valence-corrected chi connectivity index (χ2v) is 19.3. The summed E-state index contributed by atoms with van der Waals surface area (Å²) in [6, 6.07) is 63.7. The van der Waals surface area contributed by atoms with Gasteiger partial charge in [0.15, 0.2) is 0 Å². The third kappa shape index (κ3) is 8.88. The smallest absolute Gasteiger partial charge is 0.813 e. The van der Waals surface area contributed by atoms with Crippen molar-refractivity contribution in [3.63, 3.8) is 0 Å². The van der Waals surface area contributed by atoms with Crippen molar-refractivity contribution in [3.8, 4) is 91.1 Å². The van der Waals surface area contributed by atoms with Gasteiger partial charge in [-0.3, -0.25) is 0 Å². The van der Waals surface area contributed by atoms with Gasteiger partial charge in [-0.15, -0.1) is 0 Å². The van der Waals surface area contributed by atoms with Crippen LogP contribution in [0.5, 0.6) is 0 Å². The van der Waals surface area contributed by atoms with E-state index >= 15 is 0 Å². The van der Waals surface area contributed by atoms with Crippen LogP contribution in [0.25, 0.3) is 179 Å². The standard InChI is InChI=1S/2C32H16N8.2Co.O2.H2S/c2*1-2-10-18-17(9-1)25-33-26(18)38-28-21-13-5-6-14-22(21)30(35-28)40-32-24-16-8-7-15-23(24)31(36-32)39-29-20-12-4-3-11-19(20)27(34-29)37-25;;;1-2;/h2*1-16H;;;;1H2/q2*-2;2*+2;;/p-1. The average molecular weight is 1210 g/mol. The molecule has 0 fully saturated rings. The maximum atomic E-state index is 7.00. The van der Waals surface area contributed by atoms with Crippen molar-refractivity contribution < 1.29 is 33.6 Å². The van der Waals surface area contributed by atoms with Gasteiger partial charge in [-0.05, 0) is 43.1 Å². The molecule has 0 saturated heterocycles. The Balaban J connectivity index is 0.000000149. The maximum Gasteiger partial charge on any atom is 2.00 e. The van der Waals surface area contributed by atoms with Crippen LogP contribution in [-0.4, -0.2) is 59.8 Å². The summed E-state index contributed by atoms with van der Waals surface area (Å²) in [6.45, 7) is 0. The summed E-state index contributed by atoms with van der Waals surface area (Å²) in [6.07, 6.45) is 0. The summed E-state index contributed by atoms with van der Waals surface area (Å²) >= 11 is 0. The van der Waals surface area contributed by atoms with Gasteiger partial charge >= 0.3 is 33.6 Å². The van der Waals surface area contributed by atoms with Gasteiger partial charge in [-0.25, -0.2) is 19.9 Å². The van der Waals surface area contributed by atoms with E-state index in [1.54, 1.807) is 0 Å². The molecule has 2 radical (unpaired) electrons. The van der Waals surface area contributed by atoms with Crippen LogP contribution in [0.15, 0.2) is 194 Å². The minimum Gasteiger partial charge on any atom is -0.813 e. The first-order chi connectivity index (χ1) is 40.6. The van der Waals surface area contributed by atoms with E-state index in [9.17, 15) is 0 Å². The van der Waals surface area contributed by atoms with Gasteiger partial charge in [-0.2, -0.15) is 0 Å². The Morgan fingerprint density at radius 3 is 0.435 bits per heavy atom. The summed E-state index contributed by atoms with van der Waals surface area (Å²) < 4.78 is 0. The third-order valence-corrected chi connectivity index (χ3v) is 14.7. The topological polar surface area (TPSA) is 245 Å². The van der Waals surface area contributed by atoms with Crippen LogP contribution in [-0.2, 0) is 47.1 Å². The van der Waals surface area contributed by atoms with E-state index in [2.05, 4.69) is 0 Å². The van der Waals surface area contributed by atoms with Gasteiger partial charge in [0.1, 0.15) is 0 Å². The van der Waals surface area contributed by atoms with Crippen LogP contribution in [0, 0.1) is 9.93 Å². The van der Waals surface area contributed by atoms with E-state index in [-0.39, 0.29) is 47.1 Å². The summed E-state index contributed by atoms with van der Waals surface area (Å²) in [7, 11) is 0. The molecule has 8 aromatic carbocycles. The Morgan fingerprint density at radius 1 is 0.188 bits per heavy atom. The number of rotatable bonds is 0. The predicted octanol–water partition coefficient (Wildman–Crippen LogP) is 12.0. The fraction of sp³-hybridized carbons (Fsp3) is 0. The molecule has 85 heavy (non-hydrogen) atoms. The summed E-state index contributed by atoms with van der Waals surface area (Å²) in [5.41, 5.74) is 11.6. The zero-order chi connectivity index (χ0) is 54.4. The van der Waals surface area contributed by atoms with Crippen molar-refractivity contribution in [2.75, 3.05) is 0 Å². The minimum absolute atomic E-state index is 0. The Hall–Kier alpha value is -10.6. The monoisotopic (exact) mass is 1210 g/mol. The molecule has 4 aliphatic heterocycles. The number of hydrogen-bond donors (Lipinski definition) is 0. The Kier molecular flexibility index (Phi) is 13.7. The molecule has 14 aromatic rings. The molecule has 21 heteroatoms. The fourth-order valence-electron chi connectivity index (χ4n) is 10.9. The molecule has 0 aliphatic carbocycles. The van der Waals surface area contributed by atoms with Crippen molar-refractivity contribution in [1.29, 1.82) is 0 Å². The second kappa shape index (κ2) is 21.6. The molecule has 0 atom stereocenters. The quantitative estimate of drug-likeness (QED) is 0.101. The number of nitrogens with zero attached hydrogens (tertiary/aromatic N) is 16. The maximum absolute atomic E-state index is 7.00. The number of aromatic nitrogens is 16. The van der Waals surface area contributed by atoms with Crippen molar-refractivity contribution in [2.24, 2.45) is 0 Å². The molecule has 18 rings (SSSR count). The third-order valence-electron chi connectivity index (χ3n) is 14.7. The molecule has 0 saturated carbocycles. The normalized spacial score (nSPS) is 11.3. The summed E-state index contributed by atoms with van der Waals surface area (Å²) in [4.78, 5) is 92.5. The largest absolute Gasteiger partial charge is 2.00 e. The number of thiol groups is 1. The Labute approximate surface area is 507 Å². The van der Waals surface area contributed by atoms with Crippen LogP contribution >= 0.6 is 0 Å². The molecule has 16 bridgehead atoms. The first-order valence-electron chi connectivity index (χ1n) is 25.9. The molecule has 4 aliphatic rings. The van der Waals surface area contributed by atoms with Gasteiger partial charge in [0.05, 0.1) is 46.6 Å².